The van der Waals surface area contributed by atoms with Gasteiger partial charge in [0.05, 0.1) is 6.20 Å². The molecule has 2 aromatic carbocycles. The van der Waals surface area contributed by atoms with Crippen LogP contribution >= 0.6 is 0 Å². The summed E-state index contributed by atoms with van der Waals surface area (Å²) in [4.78, 5) is 6.99. The summed E-state index contributed by atoms with van der Waals surface area (Å²) in [7, 11) is 0. The number of hydrogen-bond donors (Lipinski definition) is 2. The zero-order valence-corrected chi connectivity index (χ0v) is 17.3. The van der Waals surface area contributed by atoms with Gasteiger partial charge in [-0.15, -0.1) is 5.10 Å². The molecule has 6 heteroatoms. The second-order valence-corrected chi connectivity index (χ2v) is 8.01. The van der Waals surface area contributed by atoms with Crippen LogP contribution in [0.25, 0.3) is 0 Å². The highest BCUT2D eigenvalue weighted by Gasteiger charge is 2.15. The maximum Gasteiger partial charge on any atom is 0.249 e. The molecule has 0 unspecified atom stereocenters. The molecule has 1 aromatic heterocycles. The van der Waals surface area contributed by atoms with Crippen LogP contribution in [0.5, 0.6) is 0 Å². The number of aromatic nitrogens is 3. The lowest BCUT2D eigenvalue weighted by molar-refractivity contribution is 0.438. The minimum absolute atomic E-state index is 0.471. The molecule has 1 saturated heterocycles. The molecule has 0 aliphatic carbocycles. The Bertz CT molecular complexity index is 941. The van der Waals surface area contributed by atoms with Crippen LogP contribution in [0.1, 0.15) is 30.9 Å². The van der Waals surface area contributed by atoms with E-state index in [1.807, 2.05) is 0 Å². The van der Waals surface area contributed by atoms with Crippen molar-refractivity contribution in [2.45, 2.75) is 33.6 Å². The third-order valence-electron chi connectivity index (χ3n) is 5.33. The van der Waals surface area contributed by atoms with Crippen molar-refractivity contribution in [2.24, 2.45) is 5.92 Å². The molecule has 2 heterocycles. The van der Waals surface area contributed by atoms with Gasteiger partial charge in [0, 0.05) is 30.2 Å². The number of anilines is 5. The summed E-state index contributed by atoms with van der Waals surface area (Å²) in [5.74, 6) is 1.96. The molecule has 1 aliphatic heterocycles. The van der Waals surface area contributed by atoms with Crippen molar-refractivity contribution in [3.63, 3.8) is 0 Å². The quantitative estimate of drug-likeness (QED) is 0.625. The number of benzene rings is 2. The first-order valence-corrected chi connectivity index (χ1v) is 10.2. The molecule has 1 aliphatic rings. The van der Waals surface area contributed by atoms with Gasteiger partial charge < -0.3 is 15.5 Å². The summed E-state index contributed by atoms with van der Waals surface area (Å²) in [6.07, 6.45) is 4.16. The van der Waals surface area contributed by atoms with E-state index < -0.39 is 0 Å². The zero-order chi connectivity index (χ0) is 20.2. The topological polar surface area (TPSA) is 66.0 Å². The molecule has 6 nitrogen and oxygen atoms in total. The Morgan fingerprint density at radius 1 is 0.897 bits per heavy atom. The minimum Gasteiger partial charge on any atom is -0.372 e. The van der Waals surface area contributed by atoms with E-state index in [2.05, 4.69) is 94.0 Å². The lowest BCUT2D eigenvalue weighted by Crippen LogP contribution is -2.32. The maximum absolute atomic E-state index is 4.54. The monoisotopic (exact) mass is 388 g/mol. The molecule has 0 atom stereocenters. The van der Waals surface area contributed by atoms with Crippen LogP contribution in [0.3, 0.4) is 0 Å². The molecule has 29 heavy (non-hydrogen) atoms. The molecule has 2 N–H and O–H groups in total. The molecule has 0 radical (unpaired) electrons. The van der Waals surface area contributed by atoms with Crippen molar-refractivity contribution in [2.75, 3.05) is 28.6 Å². The summed E-state index contributed by atoms with van der Waals surface area (Å²) in [5, 5.41) is 14.7. The first kappa shape index (κ1) is 19.2. The third kappa shape index (κ3) is 5.02. The van der Waals surface area contributed by atoms with Gasteiger partial charge in [0.1, 0.15) is 0 Å². The summed E-state index contributed by atoms with van der Waals surface area (Å²) >= 11 is 0. The number of rotatable bonds is 5. The van der Waals surface area contributed by atoms with Crippen LogP contribution in [0.2, 0.25) is 0 Å². The Hall–Kier alpha value is -3.15. The van der Waals surface area contributed by atoms with Crippen LogP contribution in [0, 0.1) is 19.8 Å². The van der Waals surface area contributed by atoms with Crippen LogP contribution in [-0.4, -0.2) is 28.3 Å². The highest BCUT2D eigenvalue weighted by Crippen LogP contribution is 2.25. The van der Waals surface area contributed by atoms with E-state index in [-0.39, 0.29) is 0 Å². The van der Waals surface area contributed by atoms with E-state index >= 15 is 0 Å². The van der Waals surface area contributed by atoms with Gasteiger partial charge in [0.15, 0.2) is 5.82 Å². The summed E-state index contributed by atoms with van der Waals surface area (Å²) in [6, 6.07) is 14.8. The molecule has 150 valence electrons. The SMILES string of the molecule is Cc1cc(C)cc(Nc2cnnc(Nc3ccc(N4CCC(C)CC4)cc3)n2)c1. The van der Waals surface area contributed by atoms with Crippen molar-refractivity contribution < 1.29 is 0 Å². The highest BCUT2D eigenvalue weighted by molar-refractivity contribution is 5.62. The fraction of sp³-hybridized carbons (Fsp3) is 0.348. The Balaban J connectivity index is 1.42. The second-order valence-electron chi connectivity index (χ2n) is 8.01. The Morgan fingerprint density at radius 3 is 2.28 bits per heavy atom. The lowest BCUT2D eigenvalue weighted by atomic mass is 9.99. The van der Waals surface area contributed by atoms with E-state index in [1.54, 1.807) is 6.20 Å². The van der Waals surface area contributed by atoms with Crippen molar-refractivity contribution in [1.82, 2.24) is 15.2 Å². The van der Waals surface area contributed by atoms with E-state index in [4.69, 9.17) is 0 Å². The molecule has 0 spiro atoms. The first-order valence-electron chi connectivity index (χ1n) is 10.2. The number of hydrogen-bond acceptors (Lipinski definition) is 6. The number of piperidine rings is 1. The van der Waals surface area contributed by atoms with Gasteiger partial charge in [-0.25, -0.2) is 0 Å². The molecule has 3 aromatic rings. The number of nitrogens with one attached hydrogen (secondary N) is 2. The van der Waals surface area contributed by atoms with Gasteiger partial charge >= 0.3 is 0 Å². The van der Waals surface area contributed by atoms with Gasteiger partial charge in [-0.2, -0.15) is 10.1 Å². The molecular weight excluding hydrogens is 360 g/mol. The Kier molecular flexibility index (Phi) is 5.60. The van der Waals surface area contributed by atoms with Crippen molar-refractivity contribution in [3.8, 4) is 0 Å². The molecule has 4 rings (SSSR count). The van der Waals surface area contributed by atoms with Crippen LogP contribution < -0.4 is 15.5 Å². The normalized spacial score (nSPS) is 14.7. The van der Waals surface area contributed by atoms with Gasteiger partial charge in [0.2, 0.25) is 5.95 Å². The predicted octanol–water partition coefficient (Wildman–Crippen LogP) is 5.21. The third-order valence-corrected chi connectivity index (χ3v) is 5.33. The highest BCUT2D eigenvalue weighted by atomic mass is 15.3. The molecule has 0 amide bonds. The first-order chi connectivity index (χ1) is 14.0. The minimum atomic E-state index is 0.471. The zero-order valence-electron chi connectivity index (χ0n) is 17.3. The Morgan fingerprint density at radius 2 is 1.59 bits per heavy atom. The van der Waals surface area contributed by atoms with Gasteiger partial charge in [-0.1, -0.05) is 13.0 Å². The standard InChI is InChI=1S/C23H28N6/c1-16-8-10-29(11-9-16)21-6-4-19(5-7-21)26-23-27-22(15-24-28-23)25-20-13-17(2)12-18(3)14-20/h4-7,12-16H,8-11H2,1-3H3,(H2,25,26,27,28). The van der Waals surface area contributed by atoms with Crippen LogP contribution in [-0.2, 0) is 0 Å². The summed E-state index contributed by atoms with van der Waals surface area (Å²) in [5.41, 5.74) is 5.62. The maximum atomic E-state index is 4.54. The van der Waals surface area contributed by atoms with Gasteiger partial charge in [-0.3, -0.25) is 0 Å². The van der Waals surface area contributed by atoms with E-state index in [1.165, 1.54) is 29.7 Å². The second kappa shape index (κ2) is 8.47. The fourth-order valence-corrected chi connectivity index (χ4v) is 3.76. The van der Waals surface area contributed by atoms with Crippen LogP contribution in [0.4, 0.5) is 28.8 Å². The largest absolute Gasteiger partial charge is 0.372 e. The summed E-state index contributed by atoms with van der Waals surface area (Å²) < 4.78 is 0. The summed E-state index contributed by atoms with van der Waals surface area (Å²) in [6.45, 7) is 8.76. The molecule has 0 saturated carbocycles. The van der Waals surface area contributed by atoms with E-state index in [9.17, 15) is 0 Å². The number of nitrogens with zero attached hydrogens (tertiary/aromatic N) is 4. The van der Waals surface area contributed by atoms with Crippen molar-refractivity contribution in [1.29, 1.82) is 0 Å². The fourth-order valence-electron chi connectivity index (χ4n) is 3.76. The van der Waals surface area contributed by atoms with Crippen molar-refractivity contribution >= 4 is 28.8 Å². The lowest BCUT2D eigenvalue weighted by Gasteiger charge is -2.32. The molecule has 1 fully saturated rings. The van der Waals surface area contributed by atoms with Gasteiger partial charge in [-0.05, 0) is 80.1 Å². The average Bonchev–Trinajstić information content (AvgIpc) is 2.69. The van der Waals surface area contributed by atoms with Crippen molar-refractivity contribution in [3.05, 3.63) is 59.8 Å². The van der Waals surface area contributed by atoms with E-state index in [0.29, 0.717) is 11.8 Å². The van der Waals surface area contributed by atoms with Crippen LogP contribution in [0.15, 0.2) is 48.7 Å². The predicted molar refractivity (Wildman–Crippen MR) is 119 cm³/mol. The molecular formula is C23H28N6. The number of aryl methyl sites for hydroxylation is 2. The Labute approximate surface area is 172 Å². The van der Waals surface area contributed by atoms with Gasteiger partial charge in [0.25, 0.3) is 0 Å². The average molecular weight is 389 g/mol. The smallest absolute Gasteiger partial charge is 0.249 e. The van der Waals surface area contributed by atoms with E-state index in [0.717, 1.165) is 30.4 Å². The molecule has 0 bridgehead atoms.